The summed E-state index contributed by atoms with van der Waals surface area (Å²) in [4.78, 5) is 23.7. The van der Waals surface area contributed by atoms with Gasteiger partial charge in [0.25, 0.3) is 0 Å². The summed E-state index contributed by atoms with van der Waals surface area (Å²) in [7, 11) is 4.28. The van der Waals surface area contributed by atoms with Gasteiger partial charge >= 0.3 is 6.01 Å². The third kappa shape index (κ3) is 5.45. The maximum Gasteiger partial charge on any atom is 0.318 e. The van der Waals surface area contributed by atoms with Crippen molar-refractivity contribution >= 4 is 61.6 Å². The van der Waals surface area contributed by atoms with E-state index in [4.69, 9.17) is 19.7 Å². The molecule has 47 heavy (non-hydrogen) atoms. The second kappa shape index (κ2) is 11.9. The molecule has 2 saturated heterocycles. The number of thioether (sulfide) groups is 1. The average molecular weight is 671 g/mol. The quantitative estimate of drug-likeness (QED) is 0.171. The number of hydrogen-bond donors (Lipinski definition) is 1. The normalized spacial score (nSPS) is 22.7. The van der Waals surface area contributed by atoms with Gasteiger partial charge in [-0.05, 0) is 84.0 Å². The minimum absolute atomic E-state index is 0.0824. The van der Waals surface area contributed by atoms with Crippen LogP contribution in [0.1, 0.15) is 50.5 Å². The van der Waals surface area contributed by atoms with Crippen LogP contribution < -0.4 is 10.1 Å². The van der Waals surface area contributed by atoms with Gasteiger partial charge in [0.2, 0.25) is 0 Å². The Morgan fingerprint density at radius 1 is 1.19 bits per heavy atom. The number of aromatic nitrogens is 3. The van der Waals surface area contributed by atoms with E-state index in [2.05, 4.69) is 58.8 Å². The van der Waals surface area contributed by atoms with Crippen molar-refractivity contribution in [2.45, 2.75) is 62.6 Å². The molecular weight excluding hydrogens is 632 g/mol. The fourth-order valence-corrected chi connectivity index (χ4v) is 10.0. The van der Waals surface area contributed by atoms with Gasteiger partial charge in [0.1, 0.15) is 22.7 Å². The number of nitrogens with zero attached hydrogens (tertiary/aromatic N) is 7. The zero-order chi connectivity index (χ0) is 32.3. The lowest BCUT2D eigenvalue weighted by Gasteiger charge is -2.47. The van der Waals surface area contributed by atoms with E-state index in [9.17, 15) is 9.65 Å². The first-order valence-corrected chi connectivity index (χ1v) is 18.5. The molecule has 244 valence electrons. The summed E-state index contributed by atoms with van der Waals surface area (Å²) in [6.07, 6.45) is 10.2. The van der Waals surface area contributed by atoms with Gasteiger partial charge in [-0.2, -0.15) is 27.0 Å². The van der Waals surface area contributed by atoms with Crippen molar-refractivity contribution < 1.29 is 9.13 Å². The van der Waals surface area contributed by atoms with Crippen molar-refractivity contribution in [2.75, 3.05) is 50.6 Å². The minimum Gasteiger partial charge on any atom is -0.463 e. The molecule has 9 nitrogen and oxygen atoms in total. The van der Waals surface area contributed by atoms with Gasteiger partial charge in [-0.15, -0.1) is 11.3 Å². The number of thiophene rings is 1. The molecule has 1 N–H and O–H groups in total. The highest BCUT2D eigenvalue weighted by Crippen LogP contribution is 2.49. The molecule has 5 heterocycles. The van der Waals surface area contributed by atoms with E-state index in [0.717, 1.165) is 55.5 Å². The topological polar surface area (TPSA) is 103 Å². The summed E-state index contributed by atoms with van der Waals surface area (Å²) in [6, 6.07) is 8.93. The molecule has 2 bridgehead atoms. The van der Waals surface area contributed by atoms with Crippen LogP contribution in [0.4, 0.5) is 15.2 Å². The number of likely N-dealkylation sites (N-methyl/N-ethyl adjacent to an activating group) is 1. The Labute approximate surface area is 282 Å². The van der Waals surface area contributed by atoms with Crippen molar-refractivity contribution in [1.29, 1.82) is 5.26 Å². The molecule has 3 aromatic heterocycles. The van der Waals surface area contributed by atoms with Crippen LogP contribution in [-0.2, 0) is 0 Å². The van der Waals surface area contributed by atoms with Gasteiger partial charge in [-0.1, -0.05) is 0 Å². The highest BCUT2D eigenvalue weighted by atomic mass is 32.2. The molecule has 2 saturated carbocycles. The van der Waals surface area contributed by atoms with Crippen LogP contribution in [0.15, 0.2) is 29.4 Å². The van der Waals surface area contributed by atoms with Crippen LogP contribution in [-0.4, -0.2) is 94.4 Å². The maximum atomic E-state index is 14.9. The Kier molecular flexibility index (Phi) is 7.86. The number of halogens is 1. The number of nitriles is 1. The van der Waals surface area contributed by atoms with Gasteiger partial charge in [0.05, 0.1) is 33.5 Å². The van der Waals surface area contributed by atoms with Crippen LogP contribution >= 0.6 is 23.1 Å². The Bertz CT molecular complexity index is 1900. The molecule has 2 unspecified atom stereocenters. The summed E-state index contributed by atoms with van der Waals surface area (Å²) in [5.41, 5.74) is 2.45. The molecule has 0 spiro atoms. The number of anilines is 1. The number of hydrogen-bond acceptors (Lipinski definition) is 11. The van der Waals surface area contributed by atoms with Crippen molar-refractivity contribution in [2.24, 2.45) is 10.4 Å². The molecule has 4 fully saturated rings. The van der Waals surface area contributed by atoms with Crippen LogP contribution in [0.5, 0.6) is 6.01 Å². The predicted molar refractivity (Wildman–Crippen MR) is 189 cm³/mol. The monoisotopic (exact) mass is 670 g/mol. The van der Waals surface area contributed by atoms with Crippen molar-refractivity contribution in [3.05, 3.63) is 35.8 Å². The molecule has 2 atom stereocenters. The molecule has 4 aromatic rings. The van der Waals surface area contributed by atoms with Crippen LogP contribution in [0.3, 0.4) is 0 Å². The van der Waals surface area contributed by atoms with E-state index >= 15 is 0 Å². The molecule has 0 radical (unpaired) electrons. The van der Waals surface area contributed by atoms with Crippen molar-refractivity contribution in [1.82, 2.24) is 24.8 Å². The molecule has 2 aliphatic carbocycles. The summed E-state index contributed by atoms with van der Waals surface area (Å²) >= 11 is 3.23. The Morgan fingerprint density at radius 2 is 1.98 bits per heavy atom. The number of pyridine rings is 1. The van der Waals surface area contributed by atoms with E-state index in [1.807, 2.05) is 6.07 Å². The predicted octanol–water partition coefficient (Wildman–Crippen LogP) is 6.88. The Hall–Kier alpha value is -3.37. The fourth-order valence-electron chi connectivity index (χ4n) is 7.65. The van der Waals surface area contributed by atoms with Gasteiger partial charge in [-0.25, -0.2) is 4.39 Å². The first-order valence-electron chi connectivity index (χ1n) is 16.5. The molecule has 1 aromatic carbocycles. The first kappa shape index (κ1) is 30.9. The van der Waals surface area contributed by atoms with Crippen LogP contribution in [0, 0.1) is 22.6 Å². The summed E-state index contributed by atoms with van der Waals surface area (Å²) in [5.74, 6) is 2.78. The number of fused-ring (bicyclic) bond motifs is 4. The molecular formula is C35H39FN8OS2. The highest BCUT2D eigenvalue weighted by molar-refractivity contribution is 7.99. The van der Waals surface area contributed by atoms with Gasteiger partial charge in [-0.3, -0.25) is 14.9 Å². The number of rotatable bonds is 11. The summed E-state index contributed by atoms with van der Waals surface area (Å²) < 4.78 is 21.8. The zero-order valence-corrected chi connectivity index (χ0v) is 28.5. The van der Waals surface area contributed by atoms with Crippen LogP contribution in [0.2, 0.25) is 0 Å². The standard InChI is InChI=1S/C35H39FN8OS2/c1-38-32-24(14-37)29-23(7-8-26(36)30(29)47-32)27-13-28-25(15-39-27)31(40-18-35(43(2)3)9-4-10-35)42-33(41-28)45-20-34(11-12-34)19-44-21-5-6-22(44)17-46-16-21/h7-8,13,15,21-22H,1,4-6,9-12,16-20H2,2-3H3,(H,40,41,42). The third-order valence-electron chi connectivity index (χ3n) is 11.1. The maximum absolute atomic E-state index is 14.9. The zero-order valence-electron chi connectivity index (χ0n) is 26.9. The minimum atomic E-state index is -0.401. The first-order chi connectivity index (χ1) is 22.8. The van der Waals surface area contributed by atoms with Gasteiger partial charge in [0.15, 0.2) is 0 Å². The van der Waals surface area contributed by atoms with E-state index < -0.39 is 5.82 Å². The number of ether oxygens (including phenoxy) is 1. The van der Waals surface area contributed by atoms with Crippen molar-refractivity contribution in [3.63, 3.8) is 0 Å². The molecule has 2 aliphatic heterocycles. The van der Waals surface area contributed by atoms with Crippen LogP contribution in [0.25, 0.3) is 32.2 Å². The van der Waals surface area contributed by atoms with Gasteiger partial charge in [0, 0.05) is 64.8 Å². The van der Waals surface area contributed by atoms with E-state index in [1.165, 1.54) is 36.8 Å². The van der Waals surface area contributed by atoms with E-state index in [0.29, 0.717) is 67.9 Å². The Balaban J connectivity index is 1.14. The van der Waals surface area contributed by atoms with E-state index in [1.54, 1.807) is 12.3 Å². The molecule has 4 aliphatic rings. The second-order valence-corrected chi connectivity index (χ2v) is 16.1. The lowest BCUT2D eigenvalue weighted by atomic mass is 9.75. The second-order valence-electron chi connectivity index (χ2n) is 14.0. The van der Waals surface area contributed by atoms with Crippen molar-refractivity contribution in [3.8, 4) is 23.3 Å². The fraction of sp³-hybridized carbons (Fsp3) is 0.514. The third-order valence-corrected chi connectivity index (χ3v) is 13.4. The van der Waals surface area contributed by atoms with E-state index in [-0.39, 0.29) is 11.0 Å². The highest BCUT2D eigenvalue weighted by Gasteiger charge is 2.49. The number of benzene rings is 1. The summed E-state index contributed by atoms with van der Waals surface area (Å²) in [6.45, 7) is 6.03. The number of nitrogens with one attached hydrogen (secondary N) is 1. The van der Waals surface area contributed by atoms with Gasteiger partial charge < -0.3 is 15.0 Å². The lowest BCUT2D eigenvalue weighted by molar-refractivity contribution is 0.0738. The SMILES string of the molecule is C=Nc1sc2c(F)ccc(-c3cc4nc(OCC5(CN6C7CCC6CSC7)CC5)nc(NCC5(N(C)C)CCC5)c4cn3)c2c1C#N. The number of aliphatic imine (C=N–C) groups is 1. The molecule has 8 rings (SSSR count). The largest absolute Gasteiger partial charge is 0.463 e. The average Bonchev–Trinajstić information content (AvgIpc) is 3.66. The molecule has 12 heteroatoms. The smallest absolute Gasteiger partial charge is 0.318 e. The summed E-state index contributed by atoms with van der Waals surface area (Å²) in [5, 5.41) is 15.3. The lowest BCUT2D eigenvalue weighted by Crippen LogP contribution is -2.54. The molecule has 0 amide bonds. The Morgan fingerprint density at radius 3 is 2.64 bits per heavy atom.